The number of hydrogen-bond donors (Lipinski definition) is 1. The van der Waals surface area contributed by atoms with Crippen LogP contribution in [0.2, 0.25) is 0 Å². The fraction of sp³-hybridized carbons (Fsp3) is 0.800. The van der Waals surface area contributed by atoms with Gasteiger partial charge in [0, 0.05) is 26.2 Å². The molecule has 2 aliphatic rings. The highest BCUT2D eigenvalue weighted by atomic mass is 35.5. The van der Waals surface area contributed by atoms with Crippen molar-refractivity contribution in [2.24, 2.45) is 0 Å². The average molecular weight is 248 g/mol. The van der Waals surface area contributed by atoms with Gasteiger partial charge in [-0.25, -0.2) is 0 Å². The van der Waals surface area contributed by atoms with Crippen molar-refractivity contribution in [1.29, 1.82) is 0 Å². The summed E-state index contributed by atoms with van der Waals surface area (Å²) in [5.41, 5.74) is 0. The van der Waals surface area contributed by atoms with Gasteiger partial charge < -0.3 is 15.1 Å². The highest BCUT2D eigenvalue weighted by molar-refractivity contribution is 5.86. The molecule has 0 aromatic heterocycles. The largest absolute Gasteiger partial charge is 0.341 e. The van der Waals surface area contributed by atoms with Crippen LogP contribution in [0.3, 0.4) is 0 Å². The van der Waals surface area contributed by atoms with E-state index in [9.17, 15) is 9.59 Å². The van der Waals surface area contributed by atoms with E-state index in [1.165, 1.54) is 0 Å². The Bertz CT molecular complexity index is 281. The number of hydrogen-bond acceptors (Lipinski definition) is 3. The molecule has 0 unspecified atom stereocenters. The summed E-state index contributed by atoms with van der Waals surface area (Å²) in [6, 6.07) is 0.426. The summed E-state index contributed by atoms with van der Waals surface area (Å²) in [5, 5.41) is 2.99. The third kappa shape index (κ3) is 3.09. The van der Waals surface area contributed by atoms with Crippen LogP contribution in [0, 0.1) is 0 Å². The van der Waals surface area contributed by atoms with Gasteiger partial charge >= 0.3 is 0 Å². The highest BCUT2D eigenvalue weighted by Crippen LogP contribution is 2.25. The van der Waals surface area contributed by atoms with Crippen molar-refractivity contribution < 1.29 is 9.59 Å². The maximum atomic E-state index is 11.7. The summed E-state index contributed by atoms with van der Waals surface area (Å²) in [6.45, 7) is 2.03. The predicted molar refractivity (Wildman–Crippen MR) is 62.5 cm³/mol. The average Bonchev–Trinajstić information content (AvgIpc) is 3.04. The normalized spacial score (nSPS) is 20.3. The lowest BCUT2D eigenvalue weighted by Gasteiger charge is -2.28. The minimum absolute atomic E-state index is 0. The maximum Gasteiger partial charge on any atom is 0.242 e. The van der Waals surface area contributed by atoms with E-state index in [1.54, 1.807) is 9.80 Å². The highest BCUT2D eigenvalue weighted by Gasteiger charge is 2.31. The molecule has 6 heteroatoms. The first kappa shape index (κ1) is 13.3. The van der Waals surface area contributed by atoms with Crippen molar-refractivity contribution in [3.8, 4) is 0 Å². The van der Waals surface area contributed by atoms with Crippen LogP contribution in [0.1, 0.15) is 12.8 Å². The van der Waals surface area contributed by atoms with E-state index in [0.29, 0.717) is 19.1 Å². The molecular formula is C10H18ClN3O2. The van der Waals surface area contributed by atoms with Crippen molar-refractivity contribution >= 4 is 24.2 Å². The number of amides is 2. The van der Waals surface area contributed by atoms with Gasteiger partial charge in [0.05, 0.1) is 13.1 Å². The van der Waals surface area contributed by atoms with E-state index in [1.807, 2.05) is 7.05 Å². The van der Waals surface area contributed by atoms with Crippen molar-refractivity contribution in [1.82, 2.24) is 15.1 Å². The summed E-state index contributed by atoms with van der Waals surface area (Å²) in [6.07, 6.45) is 2.22. The molecule has 1 N–H and O–H groups in total. The molecule has 0 aromatic rings. The summed E-state index contributed by atoms with van der Waals surface area (Å²) in [7, 11) is 1.83. The van der Waals surface area contributed by atoms with Crippen molar-refractivity contribution in [2.75, 3.05) is 33.2 Å². The zero-order chi connectivity index (χ0) is 10.8. The Morgan fingerprint density at radius 2 is 2.25 bits per heavy atom. The molecule has 1 saturated heterocycles. The molecule has 1 aliphatic heterocycles. The third-order valence-electron chi connectivity index (χ3n) is 3.00. The van der Waals surface area contributed by atoms with Crippen molar-refractivity contribution in [2.45, 2.75) is 18.9 Å². The molecule has 1 saturated carbocycles. The van der Waals surface area contributed by atoms with E-state index in [0.717, 1.165) is 19.4 Å². The van der Waals surface area contributed by atoms with Gasteiger partial charge in [0.15, 0.2) is 0 Å². The molecule has 0 bridgehead atoms. The molecule has 0 aromatic carbocycles. The van der Waals surface area contributed by atoms with Gasteiger partial charge in [-0.1, -0.05) is 0 Å². The second-order valence-electron chi connectivity index (χ2n) is 4.23. The number of nitrogens with zero attached hydrogens (tertiary/aromatic N) is 2. The lowest BCUT2D eigenvalue weighted by atomic mass is 10.3. The SMILES string of the molecule is CN(C(=O)CN1CCNCC1=O)C1CC1.Cl. The lowest BCUT2D eigenvalue weighted by Crippen LogP contribution is -2.51. The van der Waals surface area contributed by atoms with Crippen LogP contribution in [-0.2, 0) is 9.59 Å². The van der Waals surface area contributed by atoms with Gasteiger partial charge in [-0.2, -0.15) is 0 Å². The molecule has 2 amide bonds. The van der Waals surface area contributed by atoms with Gasteiger partial charge in [0.25, 0.3) is 0 Å². The number of halogens is 1. The molecule has 0 spiro atoms. The maximum absolute atomic E-state index is 11.7. The van der Waals surface area contributed by atoms with E-state index >= 15 is 0 Å². The number of carbonyl (C=O) groups excluding carboxylic acids is 2. The first-order chi connectivity index (χ1) is 7.18. The third-order valence-corrected chi connectivity index (χ3v) is 3.00. The fourth-order valence-electron chi connectivity index (χ4n) is 1.75. The second kappa shape index (κ2) is 5.50. The van der Waals surface area contributed by atoms with Crippen LogP contribution < -0.4 is 5.32 Å². The number of nitrogens with one attached hydrogen (secondary N) is 1. The van der Waals surface area contributed by atoms with Crippen LogP contribution in [0.15, 0.2) is 0 Å². The molecule has 5 nitrogen and oxygen atoms in total. The second-order valence-corrected chi connectivity index (χ2v) is 4.23. The molecule has 0 atom stereocenters. The Hall–Kier alpha value is -0.810. The van der Waals surface area contributed by atoms with Crippen molar-refractivity contribution in [3.63, 3.8) is 0 Å². The van der Waals surface area contributed by atoms with E-state index in [2.05, 4.69) is 5.32 Å². The minimum atomic E-state index is 0. The van der Waals surface area contributed by atoms with Crippen LogP contribution in [0.4, 0.5) is 0 Å². The molecule has 1 aliphatic carbocycles. The van der Waals surface area contributed by atoms with Gasteiger partial charge in [-0.05, 0) is 12.8 Å². The number of likely N-dealkylation sites (N-methyl/N-ethyl adjacent to an activating group) is 1. The molecular weight excluding hydrogens is 230 g/mol. The monoisotopic (exact) mass is 247 g/mol. The summed E-state index contributed by atoms with van der Waals surface area (Å²) in [4.78, 5) is 26.6. The van der Waals surface area contributed by atoms with Gasteiger partial charge in [-0.3, -0.25) is 9.59 Å². The van der Waals surface area contributed by atoms with Crippen LogP contribution in [-0.4, -0.2) is 60.9 Å². The Morgan fingerprint density at radius 3 is 2.81 bits per heavy atom. The lowest BCUT2D eigenvalue weighted by molar-refractivity contribution is -0.140. The van der Waals surface area contributed by atoms with E-state index in [4.69, 9.17) is 0 Å². The predicted octanol–water partition coefficient (Wildman–Crippen LogP) is -0.539. The van der Waals surface area contributed by atoms with Crippen LogP contribution >= 0.6 is 12.4 Å². The van der Waals surface area contributed by atoms with Gasteiger partial charge in [0.1, 0.15) is 0 Å². The Balaban J connectivity index is 0.00000128. The van der Waals surface area contributed by atoms with E-state index in [-0.39, 0.29) is 30.8 Å². The standard InChI is InChI=1S/C10H17N3O2.ClH/c1-12(8-2-3-8)10(15)7-13-5-4-11-6-9(13)14;/h8,11H,2-7H2,1H3;1H. The summed E-state index contributed by atoms with van der Waals surface area (Å²) >= 11 is 0. The molecule has 92 valence electrons. The van der Waals surface area contributed by atoms with Crippen LogP contribution in [0.5, 0.6) is 0 Å². The quantitative estimate of drug-likeness (QED) is 0.729. The zero-order valence-electron chi connectivity index (χ0n) is 9.44. The number of piperazine rings is 1. The van der Waals surface area contributed by atoms with Crippen LogP contribution in [0.25, 0.3) is 0 Å². The Kier molecular flexibility index (Phi) is 4.56. The summed E-state index contributed by atoms with van der Waals surface area (Å²) in [5.74, 6) is 0.0894. The Labute approximate surface area is 102 Å². The van der Waals surface area contributed by atoms with Gasteiger partial charge in [-0.15, -0.1) is 12.4 Å². The molecule has 1 heterocycles. The molecule has 0 radical (unpaired) electrons. The zero-order valence-corrected chi connectivity index (χ0v) is 10.3. The molecule has 2 rings (SSSR count). The molecule has 2 fully saturated rings. The number of rotatable bonds is 3. The van der Waals surface area contributed by atoms with E-state index < -0.39 is 0 Å². The first-order valence-corrected chi connectivity index (χ1v) is 5.42. The van der Waals surface area contributed by atoms with Crippen molar-refractivity contribution in [3.05, 3.63) is 0 Å². The Morgan fingerprint density at radius 1 is 1.56 bits per heavy atom. The minimum Gasteiger partial charge on any atom is -0.341 e. The van der Waals surface area contributed by atoms with Gasteiger partial charge in [0.2, 0.25) is 11.8 Å². The topological polar surface area (TPSA) is 52.7 Å². The molecule has 16 heavy (non-hydrogen) atoms. The fourth-order valence-corrected chi connectivity index (χ4v) is 1.75. The summed E-state index contributed by atoms with van der Waals surface area (Å²) < 4.78 is 0. The first-order valence-electron chi connectivity index (χ1n) is 5.42. The number of carbonyl (C=O) groups is 2. The smallest absolute Gasteiger partial charge is 0.242 e.